The van der Waals surface area contributed by atoms with Gasteiger partial charge in [-0.1, -0.05) is 39.5 Å². The number of unbranched alkanes of at least 4 members (excludes halogenated alkanes) is 2. The van der Waals surface area contributed by atoms with Crippen LogP contribution in [0.5, 0.6) is 0 Å². The smallest absolute Gasteiger partial charge is 0.146 e. The lowest BCUT2D eigenvalue weighted by atomic mass is 10.0. The van der Waals surface area contributed by atoms with E-state index in [0.29, 0.717) is 18.3 Å². The molecule has 0 radical (unpaired) electrons. The lowest BCUT2D eigenvalue weighted by molar-refractivity contribution is 0.422. The summed E-state index contributed by atoms with van der Waals surface area (Å²) in [4.78, 5) is 4.07. The van der Waals surface area contributed by atoms with Crippen molar-refractivity contribution in [1.82, 2.24) is 10.3 Å². The van der Waals surface area contributed by atoms with Crippen molar-refractivity contribution in [2.75, 3.05) is 0 Å². The van der Waals surface area contributed by atoms with E-state index in [1.54, 1.807) is 12.3 Å². The van der Waals surface area contributed by atoms with E-state index in [0.717, 1.165) is 12.8 Å². The molecule has 18 heavy (non-hydrogen) atoms. The van der Waals surface area contributed by atoms with Crippen LogP contribution in [-0.2, 0) is 6.54 Å². The van der Waals surface area contributed by atoms with Crippen LogP contribution in [0.2, 0.25) is 0 Å². The van der Waals surface area contributed by atoms with Crippen LogP contribution >= 0.6 is 0 Å². The lowest BCUT2D eigenvalue weighted by Crippen LogP contribution is -2.29. The molecule has 0 aromatic carbocycles. The Morgan fingerprint density at radius 2 is 2.06 bits per heavy atom. The van der Waals surface area contributed by atoms with Crippen LogP contribution in [0.25, 0.3) is 0 Å². The van der Waals surface area contributed by atoms with E-state index in [4.69, 9.17) is 0 Å². The van der Waals surface area contributed by atoms with E-state index in [1.165, 1.54) is 31.7 Å². The summed E-state index contributed by atoms with van der Waals surface area (Å²) in [6, 6.07) is 3.59. The fraction of sp³-hybridized carbons (Fsp3) is 0.667. The number of nitrogens with one attached hydrogen (secondary N) is 1. The van der Waals surface area contributed by atoms with Gasteiger partial charge in [0.25, 0.3) is 0 Å². The number of pyridine rings is 1. The van der Waals surface area contributed by atoms with Gasteiger partial charge in [-0.3, -0.25) is 4.98 Å². The molecule has 0 aliphatic carbocycles. The van der Waals surface area contributed by atoms with Crippen molar-refractivity contribution in [3.05, 3.63) is 29.8 Å². The third-order valence-corrected chi connectivity index (χ3v) is 3.19. The number of halogens is 1. The fourth-order valence-corrected chi connectivity index (χ4v) is 2.13. The van der Waals surface area contributed by atoms with Crippen molar-refractivity contribution in [2.45, 2.75) is 65.0 Å². The molecule has 1 rings (SSSR count). The summed E-state index contributed by atoms with van der Waals surface area (Å²) in [5.41, 5.74) is 0.522. The zero-order valence-electron chi connectivity index (χ0n) is 11.6. The second-order valence-corrected chi connectivity index (χ2v) is 4.79. The third kappa shape index (κ3) is 5.58. The average Bonchev–Trinajstić information content (AvgIpc) is 2.38. The van der Waals surface area contributed by atoms with Gasteiger partial charge >= 0.3 is 0 Å². The van der Waals surface area contributed by atoms with Gasteiger partial charge in [0, 0.05) is 18.8 Å². The van der Waals surface area contributed by atoms with Crippen LogP contribution in [0, 0.1) is 5.82 Å². The van der Waals surface area contributed by atoms with Crippen LogP contribution in [0.15, 0.2) is 18.3 Å². The van der Waals surface area contributed by atoms with Gasteiger partial charge in [0.15, 0.2) is 0 Å². The molecule has 1 unspecified atom stereocenters. The van der Waals surface area contributed by atoms with E-state index in [-0.39, 0.29) is 5.82 Å². The molecule has 0 fully saturated rings. The molecule has 0 aliphatic rings. The summed E-state index contributed by atoms with van der Waals surface area (Å²) in [5, 5.41) is 3.43. The summed E-state index contributed by atoms with van der Waals surface area (Å²) in [5.74, 6) is -0.214. The molecule has 0 aliphatic heterocycles. The zero-order valence-corrected chi connectivity index (χ0v) is 11.6. The minimum Gasteiger partial charge on any atom is -0.308 e. The number of aromatic nitrogens is 1. The molecule has 1 atom stereocenters. The van der Waals surface area contributed by atoms with Gasteiger partial charge in [0.05, 0.1) is 5.69 Å². The number of rotatable bonds is 9. The molecule has 0 bridgehead atoms. The molecule has 0 saturated heterocycles. The predicted octanol–water partition coefficient (Wildman–Crippen LogP) is 4.06. The normalized spacial score (nSPS) is 12.6. The summed E-state index contributed by atoms with van der Waals surface area (Å²) in [7, 11) is 0. The molecular weight excluding hydrogens is 227 g/mol. The van der Waals surface area contributed by atoms with Gasteiger partial charge in [-0.15, -0.1) is 0 Å². The molecule has 3 heteroatoms. The fourth-order valence-electron chi connectivity index (χ4n) is 2.13. The van der Waals surface area contributed by atoms with Crippen molar-refractivity contribution in [3.8, 4) is 0 Å². The van der Waals surface area contributed by atoms with Crippen molar-refractivity contribution < 1.29 is 4.39 Å². The Bertz CT molecular complexity index is 328. The largest absolute Gasteiger partial charge is 0.308 e. The first-order chi connectivity index (χ1) is 8.77. The molecule has 102 valence electrons. The average molecular weight is 252 g/mol. The molecule has 0 amide bonds. The minimum absolute atomic E-state index is 0.214. The summed E-state index contributed by atoms with van der Waals surface area (Å²) >= 11 is 0. The Balaban J connectivity index is 2.39. The summed E-state index contributed by atoms with van der Waals surface area (Å²) in [6.07, 6.45) is 8.90. The molecule has 2 nitrogen and oxygen atoms in total. The first kappa shape index (κ1) is 15.1. The number of hydrogen-bond donors (Lipinski definition) is 1. The molecule has 1 N–H and O–H groups in total. The van der Waals surface area contributed by atoms with Gasteiger partial charge in [-0.25, -0.2) is 4.39 Å². The van der Waals surface area contributed by atoms with Gasteiger partial charge in [0.1, 0.15) is 5.82 Å². The maximum absolute atomic E-state index is 13.4. The molecule has 0 saturated carbocycles. The van der Waals surface area contributed by atoms with E-state index in [2.05, 4.69) is 24.1 Å². The van der Waals surface area contributed by atoms with Crippen molar-refractivity contribution in [2.24, 2.45) is 0 Å². The van der Waals surface area contributed by atoms with Gasteiger partial charge in [0.2, 0.25) is 0 Å². The predicted molar refractivity (Wildman–Crippen MR) is 73.9 cm³/mol. The molecule has 1 aromatic rings. The SMILES string of the molecule is CCCCCC(CCC)NCc1ncccc1F. The lowest BCUT2D eigenvalue weighted by Gasteiger charge is -2.17. The van der Waals surface area contributed by atoms with E-state index < -0.39 is 0 Å². The third-order valence-electron chi connectivity index (χ3n) is 3.19. The Kier molecular flexibility index (Phi) is 7.58. The highest BCUT2D eigenvalue weighted by molar-refractivity contribution is 5.06. The number of nitrogens with zero attached hydrogens (tertiary/aromatic N) is 1. The van der Waals surface area contributed by atoms with Crippen LogP contribution in [0.1, 0.15) is 58.1 Å². The Hall–Kier alpha value is -0.960. The van der Waals surface area contributed by atoms with E-state index in [1.807, 2.05) is 0 Å². The van der Waals surface area contributed by atoms with Crippen LogP contribution in [-0.4, -0.2) is 11.0 Å². The highest BCUT2D eigenvalue weighted by atomic mass is 19.1. The van der Waals surface area contributed by atoms with Crippen molar-refractivity contribution in [1.29, 1.82) is 0 Å². The summed E-state index contributed by atoms with van der Waals surface area (Å²) < 4.78 is 13.4. The molecule has 0 spiro atoms. The van der Waals surface area contributed by atoms with E-state index >= 15 is 0 Å². The van der Waals surface area contributed by atoms with Gasteiger partial charge < -0.3 is 5.32 Å². The van der Waals surface area contributed by atoms with Crippen LogP contribution < -0.4 is 5.32 Å². The maximum atomic E-state index is 13.4. The highest BCUT2D eigenvalue weighted by Gasteiger charge is 2.09. The Morgan fingerprint density at radius 1 is 1.22 bits per heavy atom. The van der Waals surface area contributed by atoms with E-state index in [9.17, 15) is 4.39 Å². The number of hydrogen-bond acceptors (Lipinski definition) is 2. The minimum atomic E-state index is -0.214. The first-order valence-electron chi connectivity index (χ1n) is 7.10. The Labute approximate surface area is 110 Å². The topological polar surface area (TPSA) is 24.9 Å². The second-order valence-electron chi connectivity index (χ2n) is 4.79. The second kappa shape index (κ2) is 9.03. The standard InChI is InChI=1S/C15H25FN2/c1-3-5-6-9-13(8-4-2)18-12-15-14(16)10-7-11-17-15/h7,10-11,13,18H,3-6,8-9,12H2,1-2H3. The van der Waals surface area contributed by atoms with Gasteiger partial charge in [-0.05, 0) is 25.0 Å². The quantitative estimate of drug-likeness (QED) is 0.670. The monoisotopic (exact) mass is 252 g/mol. The van der Waals surface area contributed by atoms with Crippen LogP contribution in [0.3, 0.4) is 0 Å². The highest BCUT2D eigenvalue weighted by Crippen LogP contribution is 2.10. The first-order valence-corrected chi connectivity index (χ1v) is 7.10. The summed E-state index contributed by atoms with van der Waals surface area (Å²) in [6.45, 7) is 4.94. The maximum Gasteiger partial charge on any atom is 0.146 e. The van der Waals surface area contributed by atoms with Gasteiger partial charge in [-0.2, -0.15) is 0 Å². The Morgan fingerprint density at radius 3 is 2.72 bits per heavy atom. The zero-order chi connectivity index (χ0) is 13.2. The van der Waals surface area contributed by atoms with Crippen molar-refractivity contribution >= 4 is 0 Å². The molecule has 1 aromatic heterocycles. The van der Waals surface area contributed by atoms with Crippen molar-refractivity contribution in [3.63, 3.8) is 0 Å². The van der Waals surface area contributed by atoms with Crippen LogP contribution in [0.4, 0.5) is 4.39 Å². The molecule has 1 heterocycles. The molecular formula is C15H25FN2.